The van der Waals surface area contributed by atoms with Crippen LogP contribution in [-0.2, 0) is 0 Å². The van der Waals surface area contributed by atoms with E-state index in [-0.39, 0.29) is 10.0 Å². The Hall–Kier alpha value is -2.26. The average molecular weight is 411 g/mol. The summed E-state index contributed by atoms with van der Waals surface area (Å²) in [6, 6.07) is 7.70. The van der Waals surface area contributed by atoms with Crippen molar-refractivity contribution in [3.63, 3.8) is 0 Å². The summed E-state index contributed by atoms with van der Waals surface area (Å²) in [5.41, 5.74) is 0.783. The molecule has 0 aliphatic heterocycles. The quantitative estimate of drug-likeness (QED) is 0.480. The van der Waals surface area contributed by atoms with Gasteiger partial charge in [-0.05, 0) is 46.3 Å². The minimum absolute atomic E-state index is 0.179. The molecule has 120 valence electrons. The molecule has 0 saturated carbocycles. The van der Waals surface area contributed by atoms with Crippen molar-refractivity contribution in [2.45, 2.75) is 0 Å². The number of benzene rings is 2. The summed E-state index contributed by atoms with van der Waals surface area (Å²) in [4.78, 5) is 0.448. The lowest BCUT2D eigenvalue weighted by Crippen LogP contribution is -1.93. The monoisotopic (exact) mass is 410 g/mol. The van der Waals surface area contributed by atoms with Gasteiger partial charge in [0.15, 0.2) is 10.8 Å². The van der Waals surface area contributed by atoms with Crippen molar-refractivity contribution in [2.24, 2.45) is 0 Å². The Bertz CT molecular complexity index is 1080. The number of halogens is 4. The first kappa shape index (κ1) is 15.3. The van der Waals surface area contributed by atoms with Crippen LogP contribution in [-0.4, -0.2) is 19.8 Å². The van der Waals surface area contributed by atoms with Gasteiger partial charge in [-0.3, -0.25) is 0 Å². The van der Waals surface area contributed by atoms with E-state index in [0.717, 1.165) is 17.4 Å². The molecule has 2 aromatic carbocycles. The van der Waals surface area contributed by atoms with Gasteiger partial charge in [0.05, 0.1) is 4.47 Å². The highest BCUT2D eigenvalue weighted by atomic mass is 79.9. The Morgan fingerprint density at radius 2 is 1.79 bits per heavy atom. The van der Waals surface area contributed by atoms with Crippen molar-refractivity contribution < 1.29 is 13.2 Å². The smallest absolute Gasteiger partial charge is 0.207 e. The molecule has 0 saturated heterocycles. The lowest BCUT2D eigenvalue weighted by molar-refractivity contribution is 0.585. The van der Waals surface area contributed by atoms with Crippen molar-refractivity contribution >= 4 is 32.2 Å². The molecule has 4 nitrogen and oxygen atoms in total. The van der Waals surface area contributed by atoms with E-state index in [1.165, 1.54) is 22.7 Å². The van der Waals surface area contributed by atoms with Crippen molar-refractivity contribution in [2.75, 3.05) is 0 Å². The molecule has 0 bridgehead atoms. The maximum absolute atomic E-state index is 13.9. The molecule has 0 unspecified atom stereocenters. The molecule has 0 aliphatic carbocycles. The Morgan fingerprint density at radius 1 is 0.958 bits per heavy atom. The molecule has 0 aliphatic rings. The fraction of sp³-hybridized carbons (Fsp3) is 0. The maximum atomic E-state index is 13.9. The standard InChI is InChI=1S/C15H6BrF3N4S/c16-10-5-7(1-4-11(10)18)13-20-21-15-23(13)22-14(24-15)9-3-2-8(17)6-12(9)19/h1-6H. The Kier molecular flexibility index (Phi) is 3.61. The van der Waals surface area contributed by atoms with Crippen LogP contribution in [0.1, 0.15) is 0 Å². The lowest BCUT2D eigenvalue weighted by Gasteiger charge is -2.00. The van der Waals surface area contributed by atoms with Crippen LogP contribution in [0, 0.1) is 17.5 Å². The number of nitrogens with zero attached hydrogens (tertiary/aromatic N) is 4. The summed E-state index contributed by atoms with van der Waals surface area (Å²) < 4.78 is 42.1. The zero-order chi connectivity index (χ0) is 16.8. The number of fused-ring (bicyclic) bond motifs is 1. The van der Waals surface area contributed by atoms with Crippen molar-refractivity contribution in [1.82, 2.24) is 19.8 Å². The molecule has 2 aromatic heterocycles. The molecule has 0 radical (unpaired) electrons. The Labute approximate surface area is 145 Å². The van der Waals surface area contributed by atoms with E-state index in [1.54, 1.807) is 12.1 Å². The van der Waals surface area contributed by atoms with Crippen molar-refractivity contribution in [3.8, 4) is 22.0 Å². The molecule has 9 heteroatoms. The molecule has 0 N–H and O–H groups in total. The molecule has 0 spiro atoms. The third-order valence-corrected chi connectivity index (χ3v) is 4.87. The molecule has 0 atom stereocenters. The van der Waals surface area contributed by atoms with Crippen LogP contribution in [0.5, 0.6) is 0 Å². The number of rotatable bonds is 2. The SMILES string of the molecule is Fc1ccc(-c2nn3c(-c4ccc(F)c(Br)c4)nnc3s2)c(F)c1. The van der Waals surface area contributed by atoms with E-state index < -0.39 is 17.5 Å². The van der Waals surface area contributed by atoms with Crippen LogP contribution in [0.2, 0.25) is 0 Å². The highest BCUT2D eigenvalue weighted by molar-refractivity contribution is 9.10. The molecule has 4 aromatic rings. The Balaban J connectivity index is 1.85. The van der Waals surface area contributed by atoms with E-state index >= 15 is 0 Å². The third-order valence-electron chi connectivity index (χ3n) is 3.33. The first-order chi connectivity index (χ1) is 11.5. The van der Waals surface area contributed by atoms with Crippen LogP contribution in [0.15, 0.2) is 40.9 Å². The van der Waals surface area contributed by atoms with Gasteiger partial charge in [0.2, 0.25) is 4.96 Å². The summed E-state index contributed by atoms with van der Waals surface area (Å²) in [7, 11) is 0. The van der Waals surface area contributed by atoms with Gasteiger partial charge in [-0.2, -0.15) is 9.61 Å². The molecule has 0 fully saturated rings. The fourth-order valence-corrected chi connectivity index (χ4v) is 3.45. The fourth-order valence-electron chi connectivity index (χ4n) is 2.20. The van der Waals surface area contributed by atoms with Crippen LogP contribution >= 0.6 is 27.3 Å². The predicted molar refractivity (Wildman–Crippen MR) is 87.1 cm³/mol. The van der Waals surface area contributed by atoms with Gasteiger partial charge in [-0.15, -0.1) is 10.2 Å². The maximum Gasteiger partial charge on any atom is 0.235 e. The lowest BCUT2D eigenvalue weighted by atomic mass is 10.2. The van der Waals surface area contributed by atoms with E-state index in [9.17, 15) is 13.2 Å². The van der Waals surface area contributed by atoms with Gasteiger partial charge in [0.1, 0.15) is 17.5 Å². The van der Waals surface area contributed by atoms with E-state index in [2.05, 4.69) is 31.2 Å². The highest BCUT2D eigenvalue weighted by Gasteiger charge is 2.17. The summed E-state index contributed by atoms with van der Waals surface area (Å²) in [6.45, 7) is 0. The summed E-state index contributed by atoms with van der Waals surface area (Å²) in [6.07, 6.45) is 0. The van der Waals surface area contributed by atoms with Crippen molar-refractivity contribution in [1.29, 1.82) is 0 Å². The molecule has 0 amide bonds. The highest BCUT2D eigenvalue weighted by Crippen LogP contribution is 2.31. The molecular weight excluding hydrogens is 405 g/mol. The molecule has 24 heavy (non-hydrogen) atoms. The molecule has 4 rings (SSSR count). The van der Waals surface area contributed by atoms with Gasteiger partial charge in [-0.25, -0.2) is 13.2 Å². The van der Waals surface area contributed by atoms with E-state index in [4.69, 9.17) is 0 Å². The van der Waals surface area contributed by atoms with Gasteiger partial charge < -0.3 is 0 Å². The Morgan fingerprint density at radius 3 is 2.54 bits per heavy atom. The zero-order valence-corrected chi connectivity index (χ0v) is 14.1. The topological polar surface area (TPSA) is 43.1 Å². The normalized spacial score (nSPS) is 11.3. The molecular formula is C15H6BrF3N4S. The first-order valence-electron chi connectivity index (χ1n) is 6.66. The summed E-state index contributed by atoms with van der Waals surface area (Å²) in [5.74, 6) is -1.36. The summed E-state index contributed by atoms with van der Waals surface area (Å²) in [5, 5.41) is 12.7. The average Bonchev–Trinajstić information content (AvgIpc) is 3.10. The minimum Gasteiger partial charge on any atom is -0.207 e. The zero-order valence-electron chi connectivity index (χ0n) is 11.7. The van der Waals surface area contributed by atoms with Crippen LogP contribution < -0.4 is 0 Å². The third kappa shape index (κ3) is 2.49. The van der Waals surface area contributed by atoms with Gasteiger partial charge in [0.25, 0.3) is 0 Å². The van der Waals surface area contributed by atoms with Gasteiger partial charge in [-0.1, -0.05) is 11.3 Å². The second-order valence-electron chi connectivity index (χ2n) is 4.88. The van der Waals surface area contributed by atoms with Gasteiger partial charge >= 0.3 is 0 Å². The largest absolute Gasteiger partial charge is 0.235 e. The minimum atomic E-state index is -0.703. The van der Waals surface area contributed by atoms with E-state index in [0.29, 0.717) is 21.4 Å². The second-order valence-corrected chi connectivity index (χ2v) is 6.69. The number of hydrogen-bond donors (Lipinski definition) is 0. The van der Waals surface area contributed by atoms with E-state index in [1.807, 2.05) is 0 Å². The van der Waals surface area contributed by atoms with Gasteiger partial charge in [0, 0.05) is 17.2 Å². The van der Waals surface area contributed by atoms with Crippen LogP contribution in [0.25, 0.3) is 26.9 Å². The summed E-state index contributed by atoms with van der Waals surface area (Å²) >= 11 is 4.24. The second kappa shape index (κ2) is 5.67. The predicted octanol–water partition coefficient (Wildman–Crippen LogP) is 4.70. The number of hydrogen-bond acceptors (Lipinski definition) is 4. The van der Waals surface area contributed by atoms with Crippen LogP contribution in [0.4, 0.5) is 13.2 Å². The molecule has 2 heterocycles. The van der Waals surface area contributed by atoms with Crippen LogP contribution in [0.3, 0.4) is 0 Å². The first-order valence-corrected chi connectivity index (χ1v) is 8.27. The van der Waals surface area contributed by atoms with Crippen molar-refractivity contribution in [3.05, 3.63) is 58.3 Å². The number of aromatic nitrogens is 4.